The van der Waals surface area contributed by atoms with Crippen molar-refractivity contribution in [2.75, 3.05) is 19.8 Å². The first-order valence-electron chi connectivity index (χ1n) is 9.29. The smallest absolute Gasteiger partial charge is 0.228 e. The number of amides is 1. The summed E-state index contributed by atoms with van der Waals surface area (Å²) in [7, 11) is 0. The van der Waals surface area contributed by atoms with E-state index in [-0.39, 0.29) is 29.3 Å². The van der Waals surface area contributed by atoms with Gasteiger partial charge in [0.1, 0.15) is 5.82 Å². The number of nitrogens with one attached hydrogen (secondary N) is 1. The highest BCUT2D eigenvalue weighted by Gasteiger charge is 2.54. The van der Waals surface area contributed by atoms with Gasteiger partial charge in [-0.05, 0) is 56.7 Å². The Bertz CT molecular complexity index is 658. The summed E-state index contributed by atoms with van der Waals surface area (Å²) in [4.78, 5) is 12.9. The number of carbonyl (C=O) groups is 1. The van der Waals surface area contributed by atoms with Crippen LogP contribution in [0.2, 0.25) is 0 Å². The van der Waals surface area contributed by atoms with E-state index in [0.717, 1.165) is 37.7 Å². The molecule has 0 unspecified atom stereocenters. The highest BCUT2D eigenvalue weighted by atomic mass is 19.1. The molecule has 0 radical (unpaired) electrons. The van der Waals surface area contributed by atoms with Gasteiger partial charge < -0.3 is 14.8 Å². The number of carbonyl (C=O) groups excluding carboxylic acids is 1. The van der Waals surface area contributed by atoms with Crippen LogP contribution in [0.15, 0.2) is 24.3 Å². The quantitative estimate of drug-likeness (QED) is 0.911. The van der Waals surface area contributed by atoms with Crippen molar-refractivity contribution in [2.45, 2.75) is 56.7 Å². The SMILES string of the molecule is C[C@@]1(C(=O)NCC2(c3cccc(F)c3)CCOCC2)C[C@H]2CC[C@H]1O2. The molecule has 5 heteroatoms. The van der Waals surface area contributed by atoms with Crippen LogP contribution < -0.4 is 5.32 Å². The Morgan fingerprint density at radius 2 is 2.12 bits per heavy atom. The molecule has 0 spiro atoms. The monoisotopic (exact) mass is 347 g/mol. The van der Waals surface area contributed by atoms with E-state index in [0.29, 0.717) is 19.8 Å². The third kappa shape index (κ3) is 2.97. The van der Waals surface area contributed by atoms with Gasteiger partial charge in [0.15, 0.2) is 0 Å². The third-order valence-electron chi connectivity index (χ3n) is 6.46. The Balaban J connectivity index is 1.51. The van der Waals surface area contributed by atoms with E-state index in [1.165, 1.54) is 6.07 Å². The predicted octanol–water partition coefficient (Wildman–Crippen LogP) is 2.95. The molecule has 0 aromatic heterocycles. The molecule has 4 nitrogen and oxygen atoms in total. The molecule has 3 saturated heterocycles. The van der Waals surface area contributed by atoms with Gasteiger partial charge in [-0.25, -0.2) is 4.39 Å². The highest BCUT2D eigenvalue weighted by molar-refractivity contribution is 5.83. The van der Waals surface area contributed by atoms with E-state index in [1.54, 1.807) is 12.1 Å². The second-order valence-electron chi connectivity index (χ2n) is 8.03. The van der Waals surface area contributed by atoms with Crippen molar-refractivity contribution in [1.29, 1.82) is 0 Å². The summed E-state index contributed by atoms with van der Waals surface area (Å²) in [5, 5.41) is 3.18. The summed E-state index contributed by atoms with van der Waals surface area (Å²) in [5.74, 6) is -0.162. The molecule has 1 aromatic rings. The standard InChI is InChI=1S/C20H26FNO3/c1-19(12-16-5-6-17(19)25-16)18(23)22-13-20(7-9-24-10-8-20)14-3-2-4-15(21)11-14/h2-4,11,16-17H,5-10,12-13H2,1H3,(H,22,23)/t16-,17-,19-/m1/s1. The Labute approximate surface area is 148 Å². The van der Waals surface area contributed by atoms with Gasteiger partial charge in [0.25, 0.3) is 0 Å². The Morgan fingerprint density at radius 3 is 2.76 bits per heavy atom. The molecular formula is C20H26FNO3. The summed E-state index contributed by atoms with van der Waals surface area (Å²) in [6.07, 6.45) is 4.69. The molecule has 4 rings (SSSR count). The summed E-state index contributed by atoms with van der Waals surface area (Å²) >= 11 is 0. The van der Waals surface area contributed by atoms with Crippen LogP contribution >= 0.6 is 0 Å². The van der Waals surface area contributed by atoms with Gasteiger partial charge >= 0.3 is 0 Å². The van der Waals surface area contributed by atoms with Crippen molar-refractivity contribution in [3.8, 4) is 0 Å². The lowest BCUT2D eigenvalue weighted by molar-refractivity contribution is -0.133. The van der Waals surface area contributed by atoms with E-state index >= 15 is 0 Å². The first-order chi connectivity index (χ1) is 12.0. The van der Waals surface area contributed by atoms with Crippen LogP contribution in [0.3, 0.4) is 0 Å². The number of ether oxygens (including phenoxy) is 2. The zero-order chi connectivity index (χ0) is 17.5. The van der Waals surface area contributed by atoms with Crippen LogP contribution in [0.25, 0.3) is 0 Å². The molecule has 0 aliphatic carbocycles. The number of hydrogen-bond donors (Lipinski definition) is 1. The summed E-state index contributed by atoms with van der Waals surface area (Å²) in [6.45, 7) is 3.81. The molecule has 1 aromatic carbocycles. The zero-order valence-electron chi connectivity index (χ0n) is 14.7. The maximum Gasteiger partial charge on any atom is 0.228 e. The van der Waals surface area contributed by atoms with Crippen molar-refractivity contribution >= 4 is 5.91 Å². The topological polar surface area (TPSA) is 47.6 Å². The van der Waals surface area contributed by atoms with Crippen molar-refractivity contribution in [1.82, 2.24) is 5.32 Å². The maximum atomic E-state index is 13.8. The molecule has 3 aliphatic heterocycles. The van der Waals surface area contributed by atoms with Crippen molar-refractivity contribution in [3.05, 3.63) is 35.6 Å². The lowest BCUT2D eigenvalue weighted by atomic mass is 9.72. The molecule has 136 valence electrons. The third-order valence-corrected chi connectivity index (χ3v) is 6.46. The van der Waals surface area contributed by atoms with Crippen molar-refractivity contribution in [3.63, 3.8) is 0 Å². The fourth-order valence-corrected chi connectivity index (χ4v) is 4.77. The molecule has 1 N–H and O–H groups in total. The van der Waals surface area contributed by atoms with Crippen LogP contribution in [0.5, 0.6) is 0 Å². The van der Waals surface area contributed by atoms with E-state index in [4.69, 9.17) is 9.47 Å². The predicted molar refractivity (Wildman–Crippen MR) is 91.8 cm³/mol. The minimum atomic E-state index is -0.433. The Kier molecular flexibility index (Phi) is 4.32. The van der Waals surface area contributed by atoms with Crippen LogP contribution in [0, 0.1) is 11.2 Å². The number of fused-ring (bicyclic) bond motifs is 2. The molecular weight excluding hydrogens is 321 g/mol. The summed E-state index contributed by atoms with van der Waals surface area (Å²) in [6, 6.07) is 6.76. The van der Waals surface area contributed by atoms with Crippen LogP contribution in [-0.4, -0.2) is 37.9 Å². The minimum absolute atomic E-state index is 0.0392. The van der Waals surface area contributed by atoms with E-state index in [9.17, 15) is 9.18 Å². The maximum absolute atomic E-state index is 13.8. The largest absolute Gasteiger partial charge is 0.381 e. The molecule has 25 heavy (non-hydrogen) atoms. The zero-order valence-corrected chi connectivity index (χ0v) is 14.7. The van der Waals surface area contributed by atoms with Gasteiger partial charge in [-0.3, -0.25) is 4.79 Å². The lowest BCUT2D eigenvalue weighted by Gasteiger charge is -2.39. The average Bonchev–Trinajstić information content (AvgIpc) is 3.21. The van der Waals surface area contributed by atoms with Crippen LogP contribution in [-0.2, 0) is 19.7 Å². The normalized spacial score (nSPS) is 33.4. The lowest BCUT2D eigenvalue weighted by Crippen LogP contribution is -2.50. The first kappa shape index (κ1) is 17.0. The van der Waals surface area contributed by atoms with E-state index in [2.05, 4.69) is 5.32 Å². The fourth-order valence-electron chi connectivity index (χ4n) is 4.77. The van der Waals surface area contributed by atoms with Crippen molar-refractivity contribution in [2.24, 2.45) is 5.41 Å². The highest BCUT2D eigenvalue weighted by Crippen LogP contribution is 2.47. The summed E-state index contributed by atoms with van der Waals surface area (Å²) < 4.78 is 25.2. The number of rotatable bonds is 4. The second-order valence-corrected chi connectivity index (χ2v) is 8.03. The molecule has 1 amide bonds. The van der Waals surface area contributed by atoms with E-state index < -0.39 is 5.41 Å². The van der Waals surface area contributed by atoms with Gasteiger partial charge in [-0.2, -0.15) is 0 Å². The summed E-state index contributed by atoms with van der Waals surface area (Å²) in [5.41, 5.74) is 0.257. The molecule has 3 heterocycles. The van der Waals surface area contributed by atoms with Crippen molar-refractivity contribution < 1.29 is 18.7 Å². The van der Waals surface area contributed by atoms with Crippen LogP contribution in [0.1, 0.15) is 44.6 Å². The second kappa shape index (κ2) is 6.36. The average molecular weight is 347 g/mol. The fraction of sp³-hybridized carbons (Fsp3) is 0.650. The van der Waals surface area contributed by atoms with Gasteiger partial charge in [-0.15, -0.1) is 0 Å². The van der Waals surface area contributed by atoms with Crippen LogP contribution in [0.4, 0.5) is 4.39 Å². The number of halogens is 1. The number of benzene rings is 1. The van der Waals surface area contributed by atoms with Gasteiger partial charge in [-0.1, -0.05) is 12.1 Å². The minimum Gasteiger partial charge on any atom is -0.381 e. The Hall–Kier alpha value is -1.46. The van der Waals surface area contributed by atoms with Gasteiger partial charge in [0.05, 0.1) is 17.6 Å². The van der Waals surface area contributed by atoms with Gasteiger partial charge in [0, 0.05) is 25.2 Å². The molecule has 3 fully saturated rings. The van der Waals surface area contributed by atoms with E-state index in [1.807, 2.05) is 13.0 Å². The number of hydrogen-bond acceptors (Lipinski definition) is 3. The first-order valence-corrected chi connectivity index (χ1v) is 9.29. The van der Waals surface area contributed by atoms with Gasteiger partial charge in [0.2, 0.25) is 5.91 Å². The molecule has 0 saturated carbocycles. The Morgan fingerprint density at radius 1 is 1.32 bits per heavy atom. The molecule has 3 atom stereocenters. The molecule has 3 aliphatic rings. The molecule has 2 bridgehead atoms.